The van der Waals surface area contributed by atoms with Crippen molar-refractivity contribution in [2.45, 2.75) is 22.6 Å². The molecule has 2 aromatic rings. The molecule has 3 rings (SSSR count). The standard InChI is InChI=1S/C17H17N5O3S2/c1-26-12-8-6-11(7-9-12)19-20-15-10-16(27(23,24)25)13-4-2-3-5-14(13)17(15)21-22-18/h4-10H,2-3H2,1H3,(H2,18,21)(H,23,24,25)/b20-19+. The molecule has 0 radical (unpaired) electrons. The average molecular weight is 403 g/mol. The van der Waals surface area contributed by atoms with E-state index in [0.29, 0.717) is 34.7 Å². The third kappa shape index (κ3) is 4.24. The van der Waals surface area contributed by atoms with E-state index < -0.39 is 10.1 Å². The van der Waals surface area contributed by atoms with Crippen LogP contribution in [-0.4, -0.2) is 19.2 Å². The summed E-state index contributed by atoms with van der Waals surface area (Å²) in [5.74, 6) is 5.22. The Kier molecular flexibility index (Phi) is 5.68. The fourth-order valence-corrected chi connectivity index (χ4v) is 3.89. The average Bonchev–Trinajstić information content (AvgIpc) is 2.67. The van der Waals surface area contributed by atoms with Gasteiger partial charge in [-0.25, -0.2) is 0 Å². The van der Waals surface area contributed by atoms with Gasteiger partial charge in [-0.3, -0.25) is 4.55 Å². The fraction of sp³-hybridized carbons (Fsp3) is 0.176. The van der Waals surface area contributed by atoms with Crippen LogP contribution in [0.1, 0.15) is 12.8 Å². The summed E-state index contributed by atoms with van der Waals surface area (Å²) in [4.78, 5) is 0.843. The van der Waals surface area contributed by atoms with Gasteiger partial charge in [-0.1, -0.05) is 17.4 Å². The Hall–Kier alpha value is -2.56. The number of azo groups is 1. The van der Waals surface area contributed by atoms with Crippen LogP contribution in [0.4, 0.5) is 17.1 Å². The van der Waals surface area contributed by atoms with Crippen molar-refractivity contribution in [1.29, 1.82) is 0 Å². The molecule has 0 atom stereocenters. The zero-order valence-electron chi connectivity index (χ0n) is 14.4. The highest BCUT2D eigenvalue weighted by Gasteiger charge is 2.19. The zero-order chi connectivity index (χ0) is 19.4. The van der Waals surface area contributed by atoms with E-state index in [1.165, 1.54) is 6.07 Å². The molecule has 140 valence electrons. The summed E-state index contributed by atoms with van der Waals surface area (Å²) < 4.78 is 33.3. The third-order valence-electron chi connectivity index (χ3n) is 3.97. The summed E-state index contributed by atoms with van der Waals surface area (Å²) in [5, 5.41) is 16.4. The van der Waals surface area contributed by atoms with Crippen molar-refractivity contribution in [1.82, 2.24) is 0 Å². The first-order chi connectivity index (χ1) is 12.9. The summed E-state index contributed by atoms with van der Waals surface area (Å²) in [6.45, 7) is 0. The van der Waals surface area contributed by atoms with Crippen LogP contribution in [0.5, 0.6) is 0 Å². The lowest BCUT2D eigenvalue weighted by Gasteiger charge is -2.09. The Morgan fingerprint density at radius 2 is 1.70 bits per heavy atom. The highest BCUT2D eigenvalue weighted by molar-refractivity contribution is 7.98. The molecule has 0 amide bonds. The molecule has 3 N–H and O–H groups in total. The maximum atomic E-state index is 11.8. The topological polar surface area (TPSA) is 130 Å². The smallest absolute Gasteiger partial charge is 0.295 e. The highest BCUT2D eigenvalue weighted by atomic mass is 32.2. The molecule has 27 heavy (non-hydrogen) atoms. The quantitative estimate of drug-likeness (QED) is 0.260. The van der Waals surface area contributed by atoms with Crippen molar-refractivity contribution in [2.75, 3.05) is 6.26 Å². The minimum atomic E-state index is -4.45. The number of thioether (sulfide) groups is 1. The van der Waals surface area contributed by atoms with Gasteiger partial charge in [0.1, 0.15) is 16.3 Å². The second-order valence-electron chi connectivity index (χ2n) is 5.64. The summed E-state index contributed by atoms with van der Waals surface area (Å²) in [7, 11) is -4.45. The molecular formula is C17H17N5O3S2. The van der Waals surface area contributed by atoms with Crippen LogP contribution in [0.15, 0.2) is 60.7 Å². The Balaban J connectivity index is 2.21. The van der Waals surface area contributed by atoms with Gasteiger partial charge in [-0.05, 0) is 49.4 Å². The highest BCUT2D eigenvalue weighted by Crippen LogP contribution is 2.29. The Labute approximate surface area is 160 Å². The first kappa shape index (κ1) is 19.2. The normalized spacial score (nSPS) is 14.1. The van der Waals surface area contributed by atoms with Gasteiger partial charge in [0.05, 0.1) is 5.69 Å². The molecule has 0 spiro atoms. The van der Waals surface area contributed by atoms with Crippen LogP contribution >= 0.6 is 11.8 Å². The van der Waals surface area contributed by atoms with Crippen molar-refractivity contribution in [2.24, 2.45) is 26.4 Å². The molecular weight excluding hydrogens is 386 g/mol. The molecule has 0 aromatic heterocycles. The lowest BCUT2D eigenvalue weighted by atomic mass is 10.1. The molecule has 0 aliphatic heterocycles. The number of nitrogens with two attached hydrogens (primary N) is 1. The van der Waals surface area contributed by atoms with Crippen molar-refractivity contribution in [3.05, 3.63) is 40.8 Å². The molecule has 0 heterocycles. The van der Waals surface area contributed by atoms with Crippen LogP contribution in [0, 0.1) is 0 Å². The van der Waals surface area contributed by atoms with E-state index in [-0.39, 0.29) is 10.6 Å². The lowest BCUT2D eigenvalue weighted by molar-refractivity contribution is 0.482. The van der Waals surface area contributed by atoms with Crippen LogP contribution in [0.2, 0.25) is 0 Å². The van der Waals surface area contributed by atoms with Gasteiger partial charge in [0.15, 0.2) is 0 Å². The molecule has 1 aliphatic rings. The van der Waals surface area contributed by atoms with Crippen LogP contribution in [0.3, 0.4) is 0 Å². The predicted molar refractivity (Wildman–Crippen MR) is 105 cm³/mol. The third-order valence-corrected chi connectivity index (χ3v) is 5.60. The molecule has 10 heteroatoms. The van der Waals surface area contributed by atoms with Crippen LogP contribution < -0.4 is 16.3 Å². The minimum absolute atomic E-state index is 0.149. The second-order valence-corrected chi connectivity index (χ2v) is 7.91. The Bertz CT molecular complexity index is 1140. The number of hydrogen-bond donors (Lipinski definition) is 2. The molecule has 0 saturated carbocycles. The SMILES string of the molecule is CSc1ccc(/N=N/c2cc(S(=O)(=O)O)c3c(c2N=NN)=CCCC=3)cc1. The van der Waals surface area contributed by atoms with Crippen molar-refractivity contribution in [3.63, 3.8) is 0 Å². The molecule has 0 saturated heterocycles. The first-order valence-electron chi connectivity index (χ1n) is 7.95. The number of fused-ring (bicyclic) bond motifs is 1. The van der Waals surface area contributed by atoms with Gasteiger partial charge in [-0.2, -0.15) is 13.5 Å². The van der Waals surface area contributed by atoms with Crippen molar-refractivity contribution < 1.29 is 13.0 Å². The van der Waals surface area contributed by atoms with E-state index in [2.05, 4.69) is 20.6 Å². The van der Waals surface area contributed by atoms with Gasteiger partial charge in [-0.15, -0.1) is 22.0 Å². The van der Waals surface area contributed by atoms with E-state index >= 15 is 0 Å². The van der Waals surface area contributed by atoms with E-state index in [9.17, 15) is 13.0 Å². The van der Waals surface area contributed by atoms with E-state index in [4.69, 9.17) is 5.84 Å². The van der Waals surface area contributed by atoms with Crippen molar-refractivity contribution in [3.8, 4) is 0 Å². The van der Waals surface area contributed by atoms with Gasteiger partial charge in [0.25, 0.3) is 10.1 Å². The molecule has 1 aliphatic carbocycles. The van der Waals surface area contributed by atoms with Gasteiger partial charge >= 0.3 is 0 Å². The van der Waals surface area contributed by atoms with Gasteiger partial charge in [0, 0.05) is 15.3 Å². The maximum Gasteiger partial charge on any atom is 0.295 e. The van der Waals surface area contributed by atoms with E-state index in [1.54, 1.807) is 30.0 Å². The van der Waals surface area contributed by atoms with Crippen LogP contribution in [0.25, 0.3) is 12.2 Å². The van der Waals surface area contributed by atoms with Gasteiger partial charge < -0.3 is 5.84 Å². The summed E-state index contributed by atoms with van der Waals surface area (Å²) in [6.07, 6.45) is 6.87. The number of benzene rings is 2. The lowest BCUT2D eigenvalue weighted by Crippen LogP contribution is -2.32. The Morgan fingerprint density at radius 3 is 2.30 bits per heavy atom. The van der Waals surface area contributed by atoms with Crippen LogP contribution in [-0.2, 0) is 10.1 Å². The molecule has 0 fully saturated rings. The summed E-state index contributed by atoms with van der Waals surface area (Å²) in [5.41, 5.74) is 1.04. The van der Waals surface area contributed by atoms with Crippen molar-refractivity contribution >= 4 is 51.1 Å². The number of rotatable bonds is 5. The Morgan fingerprint density at radius 1 is 1.04 bits per heavy atom. The fourth-order valence-electron chi connectivity index (χ4n) is 2.75. The summed E-state index contributed by atoms with van der Waals surface area (Å²) >= 11 is 1.61. The zero-order valence-corrected chi connectivity index (χ0v) is 16.0. The number of nitrogens with zero attached hydrogens (tertiary/aromatic N) is 4. The molecule has 8 nitrogen and oxygen atoms in total. The monoisotopic (exact) mass is 403 g/mol. The van der Waals surface area contributed by atoms with E-state index in [0.717, 1.165) is 4.90 Å². The predicted octanol–water partition coefficient (Wildman–Crippen LogP) is 3.38. The largest absolute Gasteiger partial charge is 0.305 e. The molecule has 0 unspecified atom stereocenters. The molecule has 2 aromatic carbocycles. The van der Waals surface area contributed by atoms with E-state index in [1.807, 2.05) is 24.5 Å². The second kappa shape index (κ2) is 7.99. The molecule has 0 bridgehead atoms. The first-order valence-corrected chi connectivity index (χ1v) is 10.6. The van der Waals surface area contributed by atoms with Gasteiger partial charge in [0.2, 0.25) is 0 Å². The number of hydrogen-bond acceptors (Lipinski definition) is 7. The maximum absolute atomic E-state index is 11.8. The summed E-state index contributed by atoms with van der Waals surface area (Å²) in [6, 6.07) is 8.62. The minimum Gasteiger partial charge on any atom is -0.305 e.